The molecule has 2 unspecified atom stereocenters. The van der Waals surface area contributed by atoms with Gasteiger partial charge in [0.15, 0.2) is 0 Å². The molecule has 6 nitrogen and oxygen atoms in total. The minimum absolute atomic E-state index is 0.106. The molecular formula is C25H35N3O3. The third-order valence-corrected chi connectivity index (χ3v) is 6.62. The van der Waals surface area contributed by atoms with Gasteiger partial charge in [0.05, 0.1) is 0 Å². The second kappa shape index (κ2) is 8.56. The van der Waals surface area contributed by atoms with E-state index in [9.17, 15) is 9.59 Å². The van der Waals surface area contributed by atoms with Crippen molar-refractivity contribution in [3.8, 4) is 0 Å². The number of hydrogen-bond donors (Lipinski definition) is 2. The van der Waals surface area contributed by atoms with Crippen molar-refractivity contribution in [3.05, 3.63) is 30.0 Å². The molecule has 2 N–H and O–H groups in total. The molecule has 31 heavy (non-hydrogen) atoms. The largest absolute Gasteiger partial charge is 0.444 e. The predicted molar refractivity (Wildman–Crippen MR) is 123 cm³/mol. The van der Waals surface area contributed by atoms with Gasteiger partial charge in [-0.05, 0) is 70.2 Å². The van der Waals surface area contributed by atoms with Gasteiger partial charge in [0, 0.05) is 28.8 Å². The van der Waals surface area contributed by atoms with Crippen molar-refractivity contribution < 1.29 is 14.3 Å². The average Bonchev–Trinajstić information content (AvgIpc) is 3.30. The molecule has 0 bridgehead atoms. The smallest absolute Gasteiger partial charge is 0.410 e. The van der Waals surface area contributed by atoms with E-state index in [2.05, 4.69) is 16.4 Å². The van der Waals surface area contributed by atoms with E-state index in [1.165, 1.54) is 19.3 Å². The van der Waals surface area contributed by atoms with Crippen molar-refractivity contribution in [1.29, 1.82) is 0 Å². The van der Waals surface area contributed by atoms with Gasteiger partial charge in [0.25, 0.3) is 0 Å². The zero-order chi connectivity index (χ0) is 22.2. The number of H-pyrrole nitrogens is 1. The van der Waals surface area contributed by atoms with Crippen LogP contribution in [0.25, 0.3) is 10.9 Å². The maximum absolute atomic E-state index is 13.5. The Labute approximate surface area is 184 Å². The van der Waals surface area contributed by atoms with Crippen LogP contribution in [0.2, 0.25) is 0 Å². The Hall–Kier alpha value is -2.50. The highest BCUT2D eigenvalue weighted by molar-refractivity contribution is 5.99. The standard InChI is InChI=1S/C25H35N3O3/c1-16-14-18-15-19(10-11-21(18)26-16)27-23(29)22-20(17-8-6-5-7-9-17)12-13-28(22)24(30)31-25(2,3)4/h10-11,14-15,17,20,22,26H,5-9,12-13H2,1-4H3,(H,27,29). The number of aromatic amines is 1. The highest BCUT2D eigenvalue weighted by atomic mass is 16.6. The van der Waals surface area contributed by atoms with Crippen molar-refractivity contribution in [3.63, 3.8) is 0 Å². The Bertz CT molecular complexity index is 953. The zero-order valence-electron chi connectivity index (χ0n) is 19.2. The van der Waals surface area contributed by atoms with Crippen LogP contribution in [0.4, 0.5) is 10.5 Å². The molecule has 6 heteroatoms. The highest BCUT2D eigenvalue weighted by Crippen LogP contribution is 2.40. The summed E-state index contributed by atoms with van der Waals surface area (Å²) in [5.74, 6) is 0.573. The van der Waals surface area contributed by atoms with E-state index in [0.29, 0.717) is 12.5 Å². The highest BCUT2D eigenvalue weighted by Gasteiger charge is 2.46. The van der Waals surface area contributed by atoms with E-state index >= 15 is 0 Å². The fourth-order valence-electron chi connectivity index (χ4n) is 5.31. The van der Waals surface area contributed by atoms with Crippen LogP contribution in [0.15, 0.2) is 24.3 Å². The average molecular weight is 426 g/mol. The minimum Gasteiger partial charge on any atom is -0.444 e. The topological polar surface area (TPSA) is 74.4 Å². The second-order valence-electron chi connectivity index (χ2n) is 10.2. The van der Waals surface area contributed by atoms with Gasteiger partial charge in [-0.15, -0.1) is 0 Å². The van der Waals surface area contributed by atoms with Gasteiger partial charge < -0.3 is 15.0 Å². The number of nitrogens with one attached hydrogen (secondary N) is 2. The van der Waals surface area contributed by atoms with E-state index in [0.717, 1.165) is 41.5 Å². The van der Waals surface area contributed by atoms with Gasteiger partial charge in [-0.3, -0.25) is 9.69 Å². The summed E-state index contributed by atoms with van der Waals surface area (Å²) >= 11 is 0. The molecular weight excluding hydrogens is 390 g/mol. The second-order valence-corrected chi connectivity index (χ2v) is 10.2. The molecule has 4 rings (SSSR count). The summed E-state index contributed by atoms with van der Waals surface area (Å²) in [6.07, 6.45) is 6.46. The number of nitrogens with zero attached hydrogens (tertiary/aromatic N) is 1. The van der Waals surface area contributed by atoms with Crippen LogP contribution in [-0.2, 0) is 9.53 Å². The molecule has 168 valence electrons. The Kier molecular flexibility index (Phi) is 6.00. The number of hydrogen-bond acceptors (Lipinski definition) is 3. The lowest BCUT2D eigenvalue weighted by atomic mass is 9.76. The third-order valence-electron chi connectivity index (χ3n) is 6.62. The van der Waals surface area contributed by atoms with Crippen LogP contribution >= 0.6 is 0 Å². The van der Waals surface area contributed by atoms with Crippen LogP contribution in [0.3, 0.4) is 0 Å². The summed E-state index contributed by atoms with van der Waals surface area (Å²) in [7, 11) is 0. The van der Waals surface area contributed by atoms with Crippen molar-refractivity contribution in [2.24, 2.45) is 11.8 Å². The minimum atomic E-state index is -0.585. The Morgan fingerprint density at radius 1 is 1.10 bits per heavy atom. The number of aromatic nitrogens is 1. The van der Waals surface area contributed by atoms with Gasteiger partial charge in [-0.25, -0.2) is 4.79 Å². The Morgan fingerprint density at radius 3 is 2.55 bits per heavy atom. The number of carbonyl (C=O) groups is 2. The summed E-state index contributed by atoms with van der Waals surface area (Å²) in [5.41, 5.74) is 2.31. The number of carbonyl (C=O) groups excluding carboxylic acids is 2. The molecule has 2 aliphatic rings. The van der Waals surface area contributed by atoms with E-state index in [4.69, 9.17) is 4.74 Å². The molecule has 1 saturated carbocycles. The summed E-state index contributed by atoms with van der Waals surface area (Å²) in [6.45, 7) is 8.18. The van der Waals surface area contributed by atoms with Crippen LogP contribution in [0, 0.1) is 18.8 Å². The van der Waals surface area contributed by atoms with Crippen LogP contribution in [0.1, 0.15) is 65.0 Å². The quantitative estimate of drug-likeness (QED) is 0.670. The SMILES string of the molecule is Cc1cc2cc(NC(=O)C3C(C4CCCCC4)CCN3C(=O)OC(C)(C)C)ccc2[nH]1. The molecule has 2 heterocycles. The molecule has 1 aromatic heterocycles. The number of rotatable bonds is 3. The van der Waals surface area contributed by atoms with Gasteiger partial charge in [-0.1, -0.05) is 32.1 Å². The van der Waals surface area contributed by atoms with Crippen molar-refractivity contribution >= 4 is 28.6 Å². The number of benzene rings is 1. The lowest BCUT2D eigenvalue weighted by molar-refractivity contribution is -0.122. The number of ether oxygens (including phenoxy) is 1. The van der Waals surface area contributed by atoms with Crippen molar-refractivity contribution in [1.82, 2.24) is 9.88 Å². The Morgan fingerprint density at radius 2 is 1.84 bits per heavy atom. The third kappa shape index (κ3) is 4.89. The van der Waals surface area contributed by atoms with Crippen molar-refractivity contribution in [2.75, 3.05) is 11.9 Å². The number of anilines is 1. The Balaban J connectivity index is 1.57. The molecule has 1 saturated heterocycles. The van der Waals surface area contributed by atoms with E-state index in [-0.39, 0.29) is 17.9 Å². The summed E-state index contributed by atoms with van der Waals surface area (Å²) < 4.78 is 5.65. The van der Waals surface area contributed by atoms with E-state index in [1.54, 1.807) is 4.90 Å². The number of likely N-dealkylation sites (tertiary alicyclic amines) is 1. The van der Waals surface area contributed by atoms with Gasteiger partial charge in [0.2, 0.25) is 5.91 Å². The first-order chi connectivity index (χ1) is 14.7. The number of amides is 2. The first-order valence-electron chi connectivity index (χ1n) is 11.6. The fourth-order valence-corrected chi connectivity index (χ4v) is 5.31. The maximum atomic E-state index is 13.5. The first-order valence-corrected chi connectivity index (χ1v) is 11.6. The lowest BCUT2D eigenvalue weighted by Gasteiger charge is -2.34. The first kappa shape index (κ1) is 21.7. The molecule has 0 radical (unpaired) electrons. The summed E-state index contributed by atoms with van der Waals surface area (Å²) in [4.78, 5) is 31.4. The summed E-state index contributed by atoms with van der Waals surface area (Å²) in [6, 6.07) is 7.47. The normalized spacial score (nSPS) is 22.6. The van der Waals surface area contributed by atoms with Gasteiger partial charge >= 0.3 is 6.09 Å². The molecule has 1 aliphatic heterocycles. The van der Waals surface area contributed by atoms with Gasteiger partial charge in [-0.2, -0.15) is 0 Å². The molecule has 1 aromatic carbocycles. The summed E-state index contributed by atoms with van der Waals surface area (Å²) in [5, 5.41) is 4.16. The molecule has 2 atom stereocenters. The molecule has 2 fully saturated rings. The molecule has 0 spiro atoms. The van der Waals surface area contributed by atoms with Crippen molar-refractivity contribution in [2.45, 2.75) is 77.9 Å². The predicted octanol–water partition coefficient (Wildman–Crippen LogP) is 5.62. The maximum Gasteiger partial charge on any atom is 0.410 e. The molecule has 2 amide bonds. The van der Waals surface area contributed by atoms with Crippen LogP contribution < -0.4 is 5.32 Å². The van der Waals surface area contributed by atoms with E-state index in [1.807, 2.05) is 45.9 Å². The fraction of sp³-hybridized carbons (Fsp3) is 0.600. The zero-order valence-corrected chi connectivity index (χ0v) is 19.2. The lowest BCUT2D eigenvalue weighted by Crippen LogP contribution is -2.49. The monoisotopic (exact) mass is 425 g/mol. The molecule has 2 aromatic rings. The van der Waals surface area contributed by atoms with Crippen LogP contribution in [-0.4, -0.2) is 40.1 Å². The molecule has 1 aliphatic carbocycles. The van der Waals surface area contributed by atoms with Gasteiger partial charge in [0.1, 0.15) is 11.6 Å². The number of aryl methyl sites for hydroxylation is 1. The number of fused-ring (bicyclic) bond motifs is 1. The van der Waals surface area contributed by atoms with Crippen LogP contribution in [0.5, 0.6) is 0 Å². The van der Waals surface area contributed by atoms with E-state index < -0.39 is 11.6 Å².